The molecule has 0 aliphatic carbocycles. The quantitative estimate of drug-likeness (QED) is 0.803. The Morgan fingerprint density at radius 2 is 1.87 bits per heavy atom. The average molecular weight is 311 g/mol. The topological polar surface area (TPSA) is 82.8 Å². The van der Waals surface area contributed by atoms with Crippen molar-refractivity contribution in [1.82, 2.24) is 19.9 Å². The van der Waals surface area contributed by atoms with E-state index >= 15 is 0 Å². The standard InChI is InChI=1S/C17H21N5O/c1-11-14(10-19-22(11)17(2,3)4)16-20-15(21-23-16)13-7-5-12(9-18)6-8-13/h5-8,10H,9,18H2,1-4H3. The van der Waals surface area contributed by atoms with Crippen LogP contribution in [0.3, 0.4) is 0 Å². The molecule has 0 fully saturated rings. The lowest BCUT2D eigenvalue weighted by atomic mass is 10.1. The summed E-state index contributed by atoms with van der Waals surface area (Å²) in [6, 6.07) is 7.83. The Hall–Kier alpha value is -2.47. The summed E-state index contributed by atoms with van der Waals surface area (Å²) >= 11 is 0. The zero-order valence-electron chi connectivity index (χ0n) is 13.9. The Morgan fingerprint density at radius 3 is 2.43 bits per heavy atom. The lowest BCUT2D eigenvalue weighted by Crippen LogP contribution is -2.24. The van der Waals surface area contributed by atoms with Gasteiger partial charge in [0.1, 0.15) is 0 Å². The van der Waals surface area contributed by atoms with Gasteiger partial charge in [-0.2, -0.15) is 10.1 Å². The van der Waals surface area contributed by atoms with Gasteiger partial charge in [-0.15, -0.1) is 0 Å². The second-order valence-electron chi connectivity index (χ2n) is 6.55. The van der Waals surface area contributed by atoms with Gasteiger partial charge in [-0.1, -0.05) is 29.4 Å². The number of nitrogens with zero attached hydrogens (tertiary/aromatic N) is 4. The van der Waals surface area contributed by atoms with E-state index in [2.05, 4.69) is 36.0 Å². The molecule has 1 aromatic carbocycles. The highest BCUT2D eigenvalue weighted by atomic mass is 16.5. The van der Waals surface area contributed by atoms with Crippen LogP contribution in [-0.4, -0.2) is 19.9 Å². The van der Waals surface area contributed by atoms with Crippen molar-refractivity contribution >= 4 is 0 Å². The number of rotatable bonds is 3. The first-order valence-electron chi connectivity index (χ1n) is 7.58. The predicted octanol–water partition coefficient (Wildman–Crippen LogP) is 3.12. The Bertz CT molecular complexity index is 808. The van der Waals surface area contributed by atoms with Crippen LogP contribution >= 0.6 is 0 Å². The van der Waals surface area contributed by atoms with Crippen LogP contribution in [0.4, 0.5) is 0 Å². The van der Waals surface area contributed by atoms with Gasteiger partial charge in [0, 0.05) is 17.8 Å². The molecular weight excluding hydrogens is 290 g/mol. The molecule has 6 heteroatoms. The smallest absolute Gasteiger partial charge is 0.261 e. The summed E-state index contributed by atoms with van der Waals surface area (Å²) in [5.41, 5.74) is 9.35. The third kappa shape index (κ3) is 2.90. The van der Waals surface area contributed by atoms with Crippen molar-refractivity contribution in [3.05, 3.63) is 41.7 Å². The molecule has 0 aliphatic heterocycles. The summed E-state index contributed by atoms with van der Waals surface area (Å²) in [5, 5.41) is 8.52. The van der Waals surface area contributed by atoms with Gasteiger partial charge in [-0.05, 0) is 33.3 Å². The average Bonchev–Trinajstić information content (AvgIpc) is 3.13. The number of nitrogens with two attached hydrogens (primary N) is 1. The largest absolute Gasteiger partial charge is 0.333 e. The van der Waals surface area contributed by atoms with E-state index in [0.717, 1.165) is 22.4 Å². The van der Waals surface area contributed by atoms with Crippen LogP contribution in [-0.2, 0) is 12.1 Å². The second kappa shape index (κ2) is 5.62. The third-order valence-electron chi connectivity index (χ3n) is 3.75. The van der Waals surface area contributed by atoms with Crippen LogP contribution in [0.5, 0.6) is 0 Å². The molecule has 0 unspecified atom stereocenters. The van der Waals surface area contributed by atoms with Gasteiger partial charge < -0.3 is 10.3 Å². The SMILES string of the molecule is Cc1c(-c2nc(-c3ccc(CN)cc3)no2)cnn1C(C)(C)C. The zero-order chi connectivity index (χ0) is 16.6. The van der Waals surface area contributed by atoms with Crippen molar-refractivity contribution in [2.75, 3.05) is 0 Å². The number of hydrogen-bond acceptors (Lipinski definition) is 5. The molecule has 0 atom stereocenters. The number of aromatic nitrogens is 4. The fourth-order valence-corrected chi connectivity index (χ4v) is 2.54. The van der Waals surface area contributed by atoms with E-state index in [1.807, 2.05) is 35.9 Å². The van der Waals surface area contributed by atoms with Crippen molar-refractivity contribution in [2.24, 2.45) is 5.73 Å². The maximum atomic E-state index is 5.61. The summed E-state index contributed by atoms with van der Waals surface area (Å²) < 4.78 is 7.39. The molecule has 0 spiro atoms. The van der Waals surface area contributed by atoms with E-state index in [4.69, 9.17) is 10.3 Å². The van der Waals surface area contributed by atoms with Crippen LogP contribution < -0.4 is 5.73 Å². The highest BCUT2D eigenvalue weighted by molar-refractivity contribution is 5.61. The van der Waals surface area contributed by atoms with Crippen molar-refractivity contribution < 1.29 is 4.52 Å². The lowest BCUT2D eigenvalue weighted by molar-refractivity contribution is 0.348. The molecule has 0 saturated carbocycles. The fraction of sp³-hybridized carbons (Fsp3) is 0.353. The summed E-state index contributed by atoms with van der Waals surface area (Å²) in [4.78, 5) is 4.50. The fourth-order valence-electron chi connectivity index (χ4n) is 2.54. The number of hydrogen-bond donors (Lipinski definition) is 1. The summed E-state index contributed by atoms with van der Waals surface area (Å²) in [6.07, 6.45) is 1.77. The molecule has 0 radical (unpaired) electrons. The molecule has 0 aliphatic rings. The van der Waals surface area contributed by atoms with Gasteiger partial charge in [0.2, 0.25) is 5.82 Å². The van der Waals surface area contributed by atoms with Gasteiger partial charge in [0.15, 0.2) is 0 Å². The van der Waals surface area contributed by atoms with E-state index in [9.17, 15) is 0 Å². The highest BCUT2D eigenvalue weighted by Crippen LogP contribution is 2.27. The van der Waals surface area contributed by atoms with Gasteiger partial charge in [-0.3, -0.25) is 4.68 Å². The van der Waals surface area contributed by atoms with Crippen LogP contribution in [0.2, 0.25) is 0 Å². The van der Waals surface area contributed by atoms with Gasteiger partial charge in [0.05, 0.1) is 17.3 Å². The van der Waals surface area contributed by atoms with Crippen molar-refractivity contribution in [2.45, 2.75) is 39.8 Å². The number of benzene rings is 1. The molecule has 6 nitrogen and oxygen atoms in total. The van der Waals surface area contributed by atoms with E-state index in [0.29, 0.717) is 18.3 Å². The van der Waals surface area contributed by atoms with Crippen LogP contribution in [0.25, 0.3) is 22.8 Å². The molecule has 2 heterocycles. The molecule has 2 aromatic heterocycles. The van der Waals surface area contributed by atoms with Crippen LogP contribution in [0.15, 0.2) is 35.0 Å². The third-order valence-corrected chi connectivity index (χ3v) is 3.75. The maximum absolute atomic E-state index is 5.61. The van der Waals surface area contributed by atoms with Crippen molar-refractivity contribution in [3.63, 3.8) is 0 Å². The molecule has 2 N–H and O–H groups in total. The summed E-state index contributed by atoms with van der Waals surface area (Å²) in [5.74, 6) is 1.04. The van der Waals surface area contributed by atoms with Crippen LogP contribution in [0.1, 0.15) is 32.0 Å². The Kier molecular flexibility index (Phi) is 3.77. The van der Waals surface area contributed by atoms with Gasteiger partial charge >= 0.3 is 0 Å². The Labute approximate surface area is 135 Å². The summed E-state index contributed by atoms with van der Waals surface area (Å²) in [6.45, 7) is 8.84. The maximum Gasteiger partial charge on any atom is 0.261 e. The first-order chi connectivity index (χ1) is 10.9. The molecule has 0 amide bonds. The Balaban J connectivity index is 1.94. The first-order valence-corrected chi connectivity index (χ1v) is 7.58. The molecule has 0 saturated heterocycles. The monoisotopic (exact) mass is 311 g/mol. The molecule has 120 valence electrons. The summed E-state index contributed by atoms with van der Waals surface area (Å²) in [7, 11) is 0. The minimum absolute atomic E-state index is 0.0940. The molecule has 3 rings (SSSR count). The minimum atomic E-state index is -0.0940. The molecule has 0 bridgehead atoms. The normalized spacial score (nSPS) is 11.9. The van der Waals surface area contributed by atoms with Crippen molar-refractivity contribution in [1.29, 1.82) is 0 Å². The minimum Gasteiger partial charge on any atom is -0.333 e. The predicted molar refractivity (Wildman–Crippen MR) is 88.6 cm³/mol. The second-order valence-corrected chi connectivity index (χ2v) is 6.55. The Morgan fingerprint density at radius 1 is 1.17 bits per heavy atom. The van der Waals surface area contributed by atoms with E-state index in [1.54, 1.807) is 6.20 Å². The van der Waals surface area contributed by atoms with Crippen LogP contribution in [0, 0.1) is 6.92 Å². The molecule has 23 heavy (non-hydrogen) atoms. The molecule has 3 aromatic rings. The van der Waals surface area contributed by atoms with E-state index in [1.165, 1.54) is 0 Å². The first kappa shape index (κ1) is 15.4. The highest BCUT2D eigenvalue weighted by Gasteiger charge is 2.22. The van der Waals surface area contributed by atoms with E-state index in [-0.39, 0.29) is 5.54 Å². The van der Waals surface area contributed by atoms with Gasteiger partial charge in [-0.25, -0.2) is 0 Å². The lowest BCUT2D eigenvalue weighted by Gasteiger charge is -2.21. The van der Waals surface area contributed by atoms with Gasteiger partial charge in [0.25, 0.3) is 5.89 Å². The molecular formula is C17H21N5O. The zero-order valence-corrected chi connectivity index (χ0v) is 13.9. The van der Waals surface area contributed by atoms with Crippen molar-refractivity contribution in [3.8, 4) is 22.8 Å². The van der Waals surface area contributed by atoms with E-state index < -0.39 is 0 Å².